The van der Waals surface area contributed by atoms with E-state index in [0.717, 1.165) is 38.2 Å². The molecule has 2 saturated heterocycles. The summed E-state index contributed by atoms with van der Waals surface area (Å²) in [7, 11) is 0. The number of carboxylic acids is 1. The molecule has 1 amide bonds. The van der Waals surface area contributed by atoms with Gasteiger partial charge in [0.1, 0.15) is 0 Å². The maximum Gasteiger partial charge on any atom is 0.490 e. The minimum Gasteiger partial charge on any atom is -0.475 e. The topological polar surface area (TPSA) is 96.1 Å². The van der Waals surface area contributed by atoms with Gasteiger partial charge in [-0.05, 0) is 37.1 Å². The molecule has 1 unspecified atom stereocenters. The number of likely N-dealkylation sites (tertiary alicyclic amines) is 1. The van der Waals surface area contributed by atoms with Gasteiger partial charge in [0.2, 0.25) is 0 Å². The molecule has 0 saturated carbocycles. The Morgan fingerprint density at radius 3 is 2.56 bits per heavy atom. The SMILES string of the molecule is O=C(O)C(F)(F)F.O=C(c1ccco1)N1CCCC2(COCCN(c3cccnc3)C2)C1. The van der Waals surface area contributed by atoms with E-state index in [9.17, 15) is 18.0 Å². The number of furan rings is 1. The molecule has 0 aliphatic carbocycles. The molecule has 11 heteroatoms. The smallest absolute Gasteiger partial charge is 0.475 e. The van der Waals surface area contributed by atoms with Crippen LogP contribution in [0.1, 0.15) is 23.4 Å². The Kier molecular flexibility index (Phi) is 7.39. The number of ether oxygens (including phenoxy) is 1. The van der Waals surface area contributed by atoms with E-state index >= 15 is 0 Å². The van der Waals surface area contributed by atoms with Crippen molar-refractivity contribution in [1.29, 1.82) is 0 Å². The van der Waals surface area contributed by atoms with E-state index in [4.69, 9.17) is 19.1 Å². The lowest BCUT2D eigenvalue weighted by atomic mass is 9.80. The van der Waals surface area contributed by atoms with Crippen molar-refractivity contribution >= 4 is 17.6 Å². The van der Waals surface area contributed by atoms with Gasteiger partial charge < -0.3 is 24.1 Å². The predicted molar refractivity (Wildman–Crippen MR) is 107 cm³/mol. The summed E-state index contributed by atoms with van der Waals surface area (Å²) in [5.41, 5.74) is 1.06. The van der Waals surface area contributed by atoms with Crippen LogP contribution in [0.2, 0.25) is 0 Å². The number of alkyl halides is 3. The lowest BCUT2D eigenvalue weighted by Crippen LogP contribution is -2.52. The molecule has 1 N–H and O–H groups in total. The number of pyridine rings is 1. The minimum absolute atomic E-state index is 0.0266. The van der Waals surface area contributed by atoms with Gasteiger partial charge in [-0.25, -0.2) is 4.79 Å². The van der Waals surface area contributed by atoms with E-state index < -0.39 is 12.1 Å². The number of carboxylic acid groups (broad SMARTS) is 1. The zero-order chi connectivity index (χ0) is 23.2. The van der Waals surface area contributed by atoms with Crippen LogP contribution in [0.5, 0.6) is 0 Å². The Labute approximate surface area is 182 Å². The van der Waals surface area contributed by atoms with Gasteiger partial charge in [-0.2, -0.15) is 13.2 Å². The molecular formula is C21H24F3N3O5. The van der Waals surface area contributed by atoms with Gasteiger partial charge in [-0.1, -0.05) is 0 Å². The molecule has 2 aliphatic rings. The number of piperidine rings is 1. The predicted octanol–water partition coefficient (Wildman–Crippen LogP) is 3.07. The van der Waals surface area contributed by atoms with E-state index in [1.165, 1.54) is 0 Å². The fourth-order valence-corrected chi connectivity index (χ4v) is 3.94. The molecule has 1 atom stereocenters. The number of aromatic nitrogens is 1. The molecule has 32 heavy (non-hydrogen) atoms. The number of carbonyl (C=O) groups excluding carboxylic acids is 1. The van der Waals surface area contributed by atoms with Crippen LogP contribution >= 0.6 is 0 Å². The van der Waals surface area contributed by atoms with Crippen molar-refractivity contribution in [2.24, 2.45) is 5.41 Å². The van der Waals surface area contributed by atoms with Gasteiger partial charge in [-0.3, -0.25) is 9.78 Å². The highest BCUT2D eigenvalue weighted by Gasteiger charge is 2.41. The lowest BCUT2D eigenvalue weighted by Gasteiger charge is -2.43. The third-order valence-corrected chi connectivity index (χ3v) is 5.37. The summed E-state index contributed by atoms with van der Waals surface area (Å²) in [6.45, 7) is 4.58. The molecule has 2 fully saturated rings. The summed E-state index contributed by atoms with van der Waals surface area (Å²) in [6, 6.07) is 7.53. The second-order valence-electron chi connectivity index (χ2n) is 7.80. The third-order valence-electron chi connectivity index (χ3n) is 5.37. The van der Waals surface area contributed by atoms with Crippen molar-refractivity contribution in [2.45, 2.75) is 19.0 Å². The van der Waals surface area contributed by atoms with Gasteiger partial charge >= 0.3 is 12.1 Å². The van der Waals surface area contributed by atoms with Crippen LogP contribution in [-0.4, -0.2) is 72.4 Å². The third kappa shape index (κ3) is 6.00. The van der Waals surface area contributed by atoms with Crippen LogP contribution in [0.3, 0.4) is 0 Å². The number of hydrogen-bond donors (Lipinski definition) is 1. The number of rotatable bonds is 2. The van der Waals surface area contributed by atoms with Crippen LogP contribution < -0.4 is 4.90 Å². The van der Waals surface area contributed by atoms with Gasteiger partial charge in [0.15, 0.2) is 5.76 Å². The Balaban J connectivity index is 0.000000360. The monoisotopic (exact) mass is 455 g/mol. The number of halogens is 3. The maximum absolute atomic E-state index is 12.7. The molecule has 4 rings (SSSR count). The van der Waals surface area contributed by atoms with Crippen molar-refractivity contribution in [3.63, 3.8) is 0 Å². The van der Waals surface area contributed by atoms with Crippen molar-refractivity contribution < 1.29 is 37.0 Å². The van der Waals surface area contributed by atoms with E-state index in [1.807, 2.05) is 17.2 Å². The molecular weight excluding hydrogens is 431 g/mol. The highest BCUT2D eigenvalue weighted by molar-refractivity contribution is 5.91. The maximum atomic E-state index is 12.7. The van der Waals surface area contributed by atoms with Gasteiger partial charge in [0, 0.05) is 37.8 Å². The molecule has 8 nitrogen and oxygen atoms in total. The number of anilines is 1. The second-order valence-corrected chi connectivity index (χ2v) is 7.80. The number of aliphatic carboxylic acids is 1. The van der Waals surface area contributed by atoms with E-state index in [2.05, 4.69) is 16.0 Å². The fourth-order valence-electron chi connectivity index (χ4n) is 3.94. The average Bonchev–Trinajstić information content (AvgIpc) is 3.23. The van der Waals surface area contributed by atoms with Crippen LogP contribution in [0.15, 0.2) is 47.3 Å². The highest BCUT2D eigenvalue weighted by atomic mass is 19.4. The fraction of sp³-hybridized carbons (Fsp3) is 0.476. The number of nitrogens with zero attached hydrogens (tertiary/aromatic N) is 3. The number of carbonyl (C=O) groups is 2. The van der Waals surface area contributed by atoms with Crippen molar-refractivity contribution in [2.75, 3.05) is 44.3 Å². The van der Waals surface area contributed by atoms with Crippen molar-refractivity contribution in [3.05, 3.63) is 48.7 Å². The molecule has 2 aromatic rings. The summed E-state index contributed by atoms with van der Waals surface area (Å²) < 4.78 is 43.0. The summed E-state index contributed by atoms with van der Waals surface area (Å²) in [6.07, 6.45) is 2.19. The first-order valence-corrected chi connectivity index (χ1v) is 10.1. The van der Waals surface area contributed by atoms with Crippen LogP contribution in [0, 0.1) is 5.41 Å². The number of amides is 1. The minimum atomic E-state index is -5.08. The summed E-state index contributed by atoms with van der Waals surface area (Å²) >= 11 is 0. The van der Waals surface area contributed by atoms with E-state index in [0.29, 0.717) is 25.5 Å². The largest absolute Gasteiger partial charge is 0.490 e. The standard InChI is InChI=1S/C19H23N3O3.C2HF3O2/c23-18(17-5-2-10-25-17)22-8-3-6-19(14-22)13-21(9-11-24-15-19)16-4-1-7-20-12-16;3-2(4,5)1(6)7/h1-2,4-5,7,10,12H,3,6,8-9,11,13-15H2;(H,6,7). The second kappa shape index (κ2) is 10.0. The van der Waals surface area contributed by atoms with Crippen molar-refractivity contribution in [1.82, 2.24) is 9.88 Å². The first-order valence-electron chi connectivity index (χ1n) is 10.1. The highest BCUT2D eigenvalue weighted by Crippen LogP contribution is 2.35. The van der Waals surface area contributed by atoms with Gasteiger partial charge in [-0.15, -0.1) is 0 Å². The summed E-state index contributed by atoms with van der Waals surface area (Å²) in [4.78, 5) is 30.1. The van der Waals surface area contributed by atoms with E-state index in [1.54, 1.807) is 24.6 Å². The molecule has 2 aliphatic heterocycles. The van der Waals surface area contributed by atoms with Crippen LogP contribution in [-0.2, 0) is 9.53 Å². The molecule has 174 valence electrons. The van der Waals surface area contributed by atoms with Gasteiger partial charge in [0.25, 0.3) is 5.91 Å². The average molecular weight is 455 g/mol. The van der Waals surface area contributed by atoms with Crippen molar-refractivity contribution in [3.8, 4) is 0 Å². The molecule has 1 spiro atoms. The molecule has 0 bridgehead atoms. The van der Waals surface area contributed by atoms with Gasteiger partial charge in [0.05, 0.1) is 31.4 Å². The molecule has 0 radical (unpaired) electrons. The quantitative estimate of drug-likeness (QED) is 0.744. The Bertz CT molecular complexity index is 892. The Morgan fingerprint density at radius 1 is 1.16 bits per heavy atom. The molecule has 0 aromatic carbocycles. The Morgan fingerprint density at radius 2 is 1.94 bits per heavy atom. The lowest BCUT2D eigenvalue weighted by molar-refractivity contribution is -0.192. The van der Waals surface area contributed by atoms with Crippen LogP contribution in [0.4, 0.5) is 18.9 Å². The summed E-state index contributed by atoms with van der Waals surface area (Å²) in [5, 5.41) is 7.12. The molecule has 4 heterocycles. The Hall–Kier alpha value is -3.08. The summed E-state index contributed by atoms with van der Waals surface area (Å²) in [5.74, 6) is -2.37. The zero-order valence-electron chi connectivity index (χ0n) is 17.3. The molecule has 2 aromatic heterocycles. The number of hydrogen-bond acceptors (Lipinski definition) is 6. The van der Waals surface area contributed by atoms with Crippen LogP contribution in [0.25, 0.3) is 0 Å². The zero-order valence-corrected chi connectivity index (χ0v) is 17.3. The first kappa shape index (κ1) is 23.6. The normalized spacial score (nSPS) is 21.5. The first-order chi connectivity index (χ1) is 15.2. The van der Waals surface area contributed by atoms with E-state index in [-0.39, 0.29) is 11.3 Å².